The summed E-state index contributed by atoms with van der Waals surface area (Å²) in [5, 5.41) is 11.6. The quantitative estimate of drug-likeness (QED) is 0.396. The highest BCUT2D eigenvalue weighted by atomic mass is 19.4. The second kappa shape index (κ2) is 12.0. The summed E-state index contributed by atoms with van der Waals surface area (Å²) in [6.07, 6.45) is 0.979. The van der Waals surface area contributed by atoms with Gasteiger partial charge in [0.15, 0.2) is 5.82 Å². The van der Waals surface area contributed by atoms with Gasteiger partial charge in [0.2, 0.25) is 5.91 Å². The minimum absolute atomic E-state index is 0.0210. The van der Waals surface area contributed by atoms with Crippen molar-refractivity contribution in [3.8, 4) is 0 Å². The summed E-state index contributed by atoms with van der Waals surface area (Å²) >= 11 is 0. The zero-order valence-electron chi connectivity index (χ0n) is 20.7. The fraction of sp³-hybridized carbons (Fsp3) is 0.542. The number of carbonyl (C=O) groups excluding carboxylic acids is 2. The Balaban J connectivity index is 1.64. The number of amides is 2. The van der Waals surface area contributed by atoms with E-state index < -0.39 is 11.7 Å². The number of carbonyl (C=O) groups is 2. The molecule has 3 rings (SSSR count). The minimum atomic E-state index is -4.50. The van der Waals surface area contributed by atoms with E-state index >= 15 is 0 Å². The fourth-order valence-corrected chi connectivity index (χ4v) is 3.92. The number of piperidine rings is 1. The first kappa shape index (κ1) is 27.2. The van der Waals surface area contributed by atoms with E-state index in [1.165, 1.54) is 23.0 Å². The number of nitrogens with zero attached hydrogens (tertiary/aromatic N) is 6. The molecule has 12 heteroatoms. The van der Waals surface area contributed by atoms with Crippen LogP contribution in [0.25, 0.3) is 6.08 Å². The van der Waals surface area contributed by atoms with Gasteiger partial charge in [-0.05, 0) is 60.7 Å². The van der Waals surface area contributed by atoms with E-state index in [1.54, 1.807) is 23.8 Å². The van der Waals surface area contributed by atoms with E-state index in [0.29, 0.717) is 49.5 Å². The van der Waals surface area contributed by atoms with Gasteiger partial charge in [-0.1, -0.05) is 19.4 Å². The van der Waals surface area contributed by atoms with E-state index in [-0.39, 0.29) is 24.6 Å². The van der Waals surface area contributed by atoms with Gasteiger partial charge < -0.3 is 14.5 Å². The molecular formula is C24H31F3N6O3. The number of tetrazole rings is 1. The van der Waals surface area contributed by atoms with Crippen LogP contribution in [0.5, 0.6) is 0 Å². The Hall–Kier alpha value is -3.44. The van der Waals surface area contributed by atoms with Crippen molar-refractivity contribution in [3.63, 3.8) is 0 Å². The summed E-state index contributed by atoms with van der Waals surface area (Å²) in [7, 11) is 1.70. The molecule has 2 amide bonds. The maximum absolute atomic E-state index is 13.3. The summed E-state index contributed by atoms with van der Waals surface area (Å²) < 4.78 is 45.0. The van der Waals surface area contributed by atoms with Gasteiger partial charge in [-0.15, -0.1) is 10.2 Å². The molecule has 0 saturated carbocycles. The second-order valence-electron chi connectivity index (χ2n) is 8.75. The fourth-order valence-electron chi connectivity index (χ4n) is 3.92. The number of benzene rings is 1. The van der Waals surface area contributed by atoms with Crippen LogP contribution in [-0.2, 0) is 22.3 Å². The zero-order chi connectivity index (χ0) is 26.3. The maximum Gasteiger partial charge on any atom is 0.416 e. The first-order valence-corrected chi connectivity index (χ1v) is 11.9. The summed E-state index contributed by atoms with van der Waals surface area (Å²) in [5.41, 5.74) is -0.0267. The normalized spacial score (nSPS) is 14.9. The summed E-state index contributed by atoms with van der Waals surface area (Å²) in [6, 6.07) is 3.32. The van der Waals surface area contributed by atoms with Crippen LogP contribution in [-0.4, -0.2) is 74.8 Å². The van der Waals surface area contributed by atoms with Gasteiger partial charge in [-0.3, -0.25) is 4.79 Å². The van der Waals surface area contributed by atoms with Crippen molar-refractivity contribution in [3.05, 3.63) is 46.8 Å². The Kier molecular flexibility index (Phi) is 9.05. The lowest BCUT2D eigenvalue weighted by Crippen LogP contribution is -2.47. The SMILES string of the molecule is CCCCOC(=O)N(C)C1CCN(C(=O)/C=C/c2ccc(C(F)(F)F)cc2Cn2nnc(C)n2)CC1. The van der Waals surface area contributed by atoms with Crippen LogP contribution in [0.2, 0.25) is 0 Å². The third-order valence-corrected chi connectivity index (χ3v) is 6.08. The highest BCUT2D eigenvalue weighted by molar-refractivity contribution is 5.92. The van der Waals surface area contributed by atoms with Crippen molar-refractivity contribution < 1.29 is 27.5 Å². The smallest absolute Gasteiger partial charge is 0.416 e. The first-order chi connectivity index (χ1) is 17.1. The summed E-state index contributed by atoms with van der Waals surface area (Å²) in [4.78, 5) is 29.4. The number of ether oxygens (including phenoxy) is 1. The standard InChI is InChI=1S/C24H31F3N6O3/c1-4-5-14-36-23(35)31(3)21-10-12-32(13-11-21)22(34)9-7-18-6-8-20(24(25,26)27)15-19(18)16-33-29-17(2)28-30-33/h6-9,15,21H,4-5,10-14,16H2,1-3H3/b9-7+. The number of unbranched alkanes of at least 4 members (excludes halogenated alkanes) is 1. The average Bonchev–Trinajstić information content (AvgIpc) is 3.26. The van der Waals surface area contributed by atoms with Gasteiger partial charge in [0.05, 0.1) is 18.7 Å². The number of hydrogen-bond donors (Lipinski definition) is 0. The Morgan fingerprint density at radius 1 is 1.25 bits per heavy atom. The van der Waals surface area contributed by atoms with Crippen LogP contribution in [0.1, 0.15) is 55.1 Å². The molecule has 0 bridgehead atoms. The van der Waals surface area contributed by atoms with Crippen molar-refractivity contribution in [1.82, 2.24) is 30.0 Å². The lowest BCUT2D eigenvalue weighted by atomic mass is 10.0. The third kappa shape index (κ3) is 7.28. The van der Waals surface area contributed by atoms with Crippen LogP contribution < -0.4 is 0 Å². The average molecular weight is 509 g/mol. The molecule has 2 heterocycles. The van der Waals surface area contributed by atoms with Gasteiger partial charge in [0.25, 0.3) is 0 Å². The van der Waals surface area contributed by atoms with Crippen LogP contribution >= 0.6 is 0 Å². The predicted octanol–water partition coefficient (Wildman–Crippen LogP) is 3.92. The number of rotatable bonds is 8. The van der Waals surface area contributed by atoms with E-state index in [0.717, 1.165) is 25.0 Å². The maximum atomic E-state index is 13.3. The molecule has 9 nitrogen and oxygen atoms in total. The number of alkyl halides is 3. The topological polar surface area (TPSA) is 93.5 Å². The van der Waals surface area contributed by atoms with E-state index in [2.05, 4.69) is 15.4 Å². The van der Waals surface area contributed by atoms with Crippen LogP contribution in [0, 0.1) is 6.92 Å². The van der Waals surface area contributed by atoms with Gasteiger partial charge in [0.1, 0.15) is 0 Å². The van der Waals surface area contributed by atoms with Crippen molar-refractivity contribution in [1.29, 1.82) is 0 Å². The van der Waals surface area contributed by atoms with Crippen molar-refractivity contribution >= 4 is 18.1 Å². The van der Waals surface area contributed by atoms with Crippen molar-refractivity contribution in [2.45, 2.75) is 58.3 Å². The monoisotopic (exact) mass is 508 g/mol. The molecule has 0 N–H and O–H groups in total. The van der Waals surface area contributed by atoms with Crippen molar-refractivity contribution in [2.24, 2.45) is 0 Å². The molecule has 1 aliphatic heterocycles. The highest BCUT2D eigenvalue weighted by Crippen LogP contribution is 2.31. The van der Waals surface area contributed by atoms with Gasteiger partial charge in [0, 0.05) is 32.3 Å². The number of halogens is 3. The molecule has 0 atom stereocenters. The Labute approximate surface area is 207 Å². The van der Waals surface area contributed by atoms with E-state index in [4.69, 9.17) is 4.74 Å². The summed E-state index contributed by atoms with van der Waals surface area (Å²) in [6.45, 7) is 4.94. The van der Waals surface area contributed by atoms with Gasteiger partial charge >= 0.3 is 12.3 Å². The largest absolute Gasteiger partial charge is 0.449 e. The number of aromatic nitrogens is 4. The molecule has 1 fully saturated rings. The lowest BCUT2D eigenvalue weighted by molar-refractivity contribution is -0.137. The van der Waals surface area contributed by atoms with Gasteiger partial charge in [-0.2, -0.15) is 18.0 Å². The molecular weight excluding hydrogens is 477 g/mol. The third-order valence-electron chi connectivity index (χ3n) is 6.08. The molecule has 0 aliphatic carbocycles. The molecule has 1 aromatic carbocycles. The van der Waals surface area contributed by atoms with Crippen LogP contribution in [0.3, 0.4) is 0 Å². The molecule has 0 unspecified atom stereocenters. The Bertz CT molecular complexity index is 1080. The summed E-state index contributed by atoms with van der Waals surface area (Å²) in [5.74, 6) is 0.153. The minimum Gasteiger partial charge on any atom is -0.449 e. The molecule has 1 saturated heterocycles. The van der Waals surface area contributed by atoms with Crippen molar-refractivity contribution in [2.75, 3.05) is 26.7 Å². The molecule has 36 heavy (non-hydrogen) atoms. The Morgan fingerprint density at radius 3 is 2.58 bits per heavy atom. The zero-order valence-corrected chi connectivity index (χ0v) is 20.7. The second-order valence-corrected chi connectivity index (χ2v) is 8.75. The van der Waals surface area contributed by atoms with E-state index in [1.807, 2.05) is 6.92 Å². The lowest BCUT2D eigenvalue weighted by Gasteiger charge is -2.35. The molecule has 1 aromatic heterocycles. The molecule has 196 valence electrons. The predicted molar refractivity (Wildman–Crippen MR) is 126 cm³/mol. The van der Waals surface area contributed by atoms with Crippen LogP contribution in [0.15, 0.2) is 24.3 Å². The number of hydrogen-bond acceptors (Lipinski definition) is 6. The van der Waals surface area contributed by atoms with Gasteiger partial charge in [-0.25, -0.2) is 4.79 Å². The van der Waals surface area contributed by atoms with E-state index in [9.17, 15) is 22.8 Å². The first-order valence-electron chi connectivity index (χ1n) is 11.9. The molecule has 1 aliphatic rings. The molecule has 0 spiro atoms. The Morgan fingerprint density at radius 2 is 1.97 bits per heavy atom. The number of likely N-dealkylation sites (tertiary alicyclic amines) is 1. The van der Waals surface area contributed by atoms with Crippen LogP contribution in [0.4, 0.5) is 18.0 Å². The molecule has 0 radical (unpaired) electrons. The molecule has 2 aromatic rings. The number of aryl methyl sites for hydroxylation is 1. The highest BCUT2D eigenvalue weighted by Gasteiger charge is 2.31.